The fourth-order valence-electron chi connectivity index (χ4n) is 2.60. The molecule has 3 rings (SSSR count). The zero-order chi connectivity index (χ0) is 18.9. The molecule has 0 spiro atoms. The first-order valence-electron chi connectivity index (χ1n) is 9.02. The van der Waals surface area contributed by atoms with Crippen molar-refractivity contribution in [1.29, 1.82) is 0 Å². The summed E-state index contributed by atoms with van der Waals surface area (Å²) in [4.78, 5) is 11.9. The molecule has 2 amide bonds. The number of carbonyl (C=O) groups excluding carboxylic acids is 1. The summed E-state index contributed by atoms with van der Waals surface area (Å²) in [5.74, 6) is 1.08. The largest absolute Gasteiger partial charge is 0.491 e. The van der Waals surface area contributed by atoms with E-state index in [1.807, 2.05) is 12.1 Å². The number of ether oxygens (including phenoxy) is 3. The van der Waals surface area contributed by atoms with E-state index in [2.05, 4.69) is 25.6 Å². The number of aryl methyl sites for hydroxylation is 1. The average molecular weight is 376 g/mol. The number of amides is 2. The zero-order valence-corrected chi connectivity index (χ0v) is 15.3. The molecule has 1 aliphatic rings. The Bertz CT molecular complexity index is 713. The maximum Gasteiger partial charge on any atom is 0.319 e. The molecular weight excluding hydrogens is 352 g/mol. The molecule has 2 N–H and O–H groups in total. The summed E-state index contributed by atoms with van der Waals surface area (Å²) in [6.45, 7) is 3.67. The summed E-state index contributed by atoms with van der Waals surface area (Å²) in [6.07, 6.45) is 3.52. The Hall–Kier alpha value is -2.81. The SMILES string of the molecule is Cc1nonc1OCCNC(=O)Nc1ccc(OCC2CCCCO2)cc1. The van der Waals surface area contributed by atoms with Crippen LogP contribution in [0, 0.1) is 6.92 Å². The number of urea groups is 1. The van der Waals surface area contributed by atoms with Gasteiger partial charge in [-0.3, -0.25) is 0 Å². The molecule has 2 heterocycles. The number of anilines is 1. The van der Waals surface area contributed by atoms with Crippen molar-refractivity contribution in [3.05, 3.63) is 30.0 Å². The minimum atomic E-state index is -0.321. The van der Waals surface area contributed by atoms with E-state index in [4.69, 9.17) is 14.2 Å². The van der Waals surface area contributed by atoms with Crippen molar-refractivity contribution < 1.29 is 23.6 Å². The number of benzene rings is 1. The number of carbonyl (C=O) groups is 1. The first-order valence-corrected chi connectivity index (χ1v) is 9.02. The van der Waals surface area contributed by atoms with Gasteiger partial charge in [-0.2, -0.15) is 0 Å². The van der Waals surface area contributed by atoms with Crippen LogP contribution in [0.3, 0.4) is 0 Å². The third kappa shape index (κ3) is 6.14. The predicted octanol–water partition coefficient (Wildman–Crippen LogP) is 2.53. The van der Waals surface area contributed by atoms with Gasteiger partial charge in [0.2, 0.25) is 0 Å². The lowest BCUT2D eigenvalue weighted by atomic mass is 10.1. The predicted molar refractivity (Wildman–Crippen MR) is 97.1 cm³/mol. The number of nitrogens with zero attached hydrogens (tertiary/aromatic N) is 2. The highest BCUT2D eigenvalue weighted by Crippen LogP contribution is 2.18. The molecule has 9 nitrogen and oxygen atoms in total. The summed E-state index contributed by atoms with van der Waals surface area (Å²) >= 11 is 0. The Balaban J connectivity index is 1.33. The highest BCUT2D eigenvalue weighted by atomic mass is 16.6. The topological polar surface area (TPSA) is 108 Å². The smallest absolute Gasteiger partial charge is 0.319 e. The summed E-state index contributed by atoms with van der Waals surface area (Å²) in [5, 5.41) is 12.6. The van der Waals surface area contributed by atoms with Crippen LogP contribution in [-0.2, 0) is 4.74 Å². The molecule has 1 aromatic heterocycles. The molecule has 9 heteroatoms. The van der Waals surface area contributed by atoms with Crippen LogP contribution in [-0.4, -0.2) is 48.8 Å². The Morgan fingerprint density at radius 1 is 1.22 bits per heavy atom. The highest BCUT2D eigenvalue weighted by Gasteiger charge is 2.14. The maximum absolute atomic E-state index is 11.9. The Morgan fingerprint density at radius 3 is 2.78 bits per heavy atom. The lowest BCUT2D eigenvalue weighted by Gasteiger charge is -2.22. The van der Waals surface area contributed by atoms with Gasteiger partial charge in [-0.15, -0.1) is 0 Å². The van der Waals surface area contributed by atoms with Crippen LogP contribution in [0.2, 0.25) is 0 Å². The fourth-order valence-corrected chi connectivity index (χ4v) is 2.60. The van der Waals surface area contributed by atoms with E-state index in [0.29, 0.717) is 30.4 Å². The van der Waals surface area contributed by atoms with Crippen molar-refractivity contribution in [3.8, 4) is 11.6 Å². The van der Waals surface area contributed by atoms with Crippen molar-refractivity contribution in [2.45, 2.75) is 32.3 Å². The van der Waals surface area contributed by atoms with Gasteiger partial charge in [-0.25, -0.2) is 9.42 Å². The summed E-state index contributed by atoms with van der Waals surface area (Å²) in [5.41, 5.74) is 1.24. The quantitative estimate of drug-likeness (QED) is 0.682. The number of rotatable bonds is 8. The van der Waals surface area contributed by atoms with Gasteiger partial charge in [-0.1, -0.05) is 5.16 Å². The van der Waals surface area contributed by atoms with E-state index in [-0.39, 0.29) is 18.7 Å². The molecule has 1 unspecified atom stereocenters. The molecule has 2 aromatic rings. The van der Waals surface area contributed by atoms with Crippen LogP contribution in [0.1, 0.15) is 25.0 Å². The van der Waals surface area contributed by atoms with E-state index in [1.54, 1.807) is 19.1 Å². The second-order valence-electron chi connectivity index (χ2n) is 6.21. The Kier molecular flexibility index (Phi) is 6.86. The summed E-state index contributed by atoms with van der Waals surface area (Å²) in [6, 6.07) is 6.90. The maximum atomic E-state index is 11.9. The first kappa shape index (κ1) is 19.0. The number of hydrogen-bond donors (Lipinski definition) is 2. The third-order valence-corrected chi connectivity index (χ3v) is 4.06. The number of aromatic nitrogens is 2. The van der Waals surface area contributed by atoms with Gasteiger partial charge in [0.1, 0.15) is 24.7 Å². The van der Waals surface area contributed by atoms with Crippen LogP contribution in [0.4, 0.5) is 10.5 Å². The zero-order valence-electron chi connectivity index (χ0n) is 15.3. The van der Waals surface area contributed by atoms with Crippen LogP contribution in [0.5, 0.6) is 11.6 Å². The second kappa shape index (κ2) is 9.77. The van der Waals surface area contributed by atoms with E-state index in [0.717, 1.165) is 25.2 Å². The van der Waals surface area contributed by atoms with Crippen molar-refractivity contribution in [2.75, 3.05) is 31.7 Å². The molecule has 1 aliphatic heterocycles. The number of nitrogens with one attached hydrogen (secondary N) is 2. The molecule has 0 radical (unpaired) electrons. The van der Waals surface area contributed by atoms with E-state index in [1.165, 1.54) is 6.42 Å². The van der Waals surface area contributed by atoms with Gasteiger partial charge >= 0.3 is 6.03 Å². The van der Waals surface area contributed by atoms with Gasteiger partial charge in [0.25, 0.3) is 5.88 Å². The summed E-state index contributed by atoms with van der Waals surface area (Å²) < 4.78 is 21.2. The molecule has 0 bridgehead atoms. The van der Waals surface area contributed by atoms with Crippen LogP contribution in [0.15, 0.2) is 28.9 Å². The molecule has 0 aliphatic carbocycles. The molecule has 1 fully saturated rings. The van der Waals surface area contributed by atoms with Crippen molar-refractivity contribution in [2.24, 2.45) is 0 Å². The lowest BCUT2D eigenvalue weighted by molar-refractivity contribution is -0.0110. The van der Waals surface area contributed by atoms with Gasteiger partial charge in [0.15, 0.2) is 0 Å². The monoisotopic (exact) mass is 376 g/mol. The molecule has 1 aromatic carbocycles. The minimum absolute atomic E-state index is 0.168. The van der Waals surface area contributed by atoms with E-state index < -0.39 is 0 Å². The highest BCUT2D eigenvalue weighted by molar-refractivity contribution is 5.89. The molecule has 0 saturated carbocycles. The van der Waals surface area contributed by atoms with Crippen LogP contribution in [0.25, 0.3) is 0 Å². The van der Waals surface area contributed by atoms with Gasteiger partial charge < -0.3 is 24.8 Å². The molecule has 146 valence electrons. The van der Waals surface area contributed by atoms with Crippen molar-refractivity contribution in [3.63, 3.8) is 0 Å². The Morgan fingerprint density at radius 2 is 2.07 bits per heavy atom. The average Bonchev–Trinajstić information content (AvgIpc) is 3.10. The molecular formula is C18H24N4O5. The minimum Gasteiger partial charge on any atom is -0.491 e. The van der Waals surface area contributed by atoms with Crippen molar-refractivity contribution in [1.82, 2.24) is 15.6 Å². The van der Waals surface area contributed by atoms with Crippen molar-refractivity contribution >= 4 is 11.7 Å². The van der Waals surface area contributed by atoms with Gasteiger partial charge in [0, 0.05) is 12.3 Å². The molecule has 1 saturated heterocycles. The van der Waals surface area contributed by atoms with E-state index in [9.17, 15) is 4.79 Å². The first-order chi connectivity index (χ1) is 13.2. The summed E-state index contributed by atoms with van der Waals surface area (Å²) in [7, 11) is 0. The lowest BCUT2D eigenvalue weighted by Crippen LogP contribution is -2.32. The number of hydrogen-bond acceptors (Lipinski definition) is 7. The molecule has 27 heavy (non-hydrogen) atoms. The van der Waals surface area contributed by atoms with Crippen LogP contribution < -0.4 is 20.1 Å². The Labute approximate surface area is 157 Å². The fraction of sp³-hybridized carbons (Fsp3) is 0.500. The normalized spacial score (nSPS) is 16.6. The second-order valence-corrected chi connectivity index (χ2v) is 6.21. The molecule has 1 atom stereocenters. The third-order valence-electron chi connectivity index (χ3n) is 4.06. The standard InChI is InChI=1S/C18H24N4O5/c1-13-17(22-27-21-13)25-11-9-19-18(23)20-14-5-7-15(8-6-14)26-12-16-4-2-3-10-24-16/h5-8,16H,2-4,9-12H2,1H3,(H2,19,20,23). The van der Waals surface area contributed by atoms with Crippen LogP contribution >= 0.6 is 0 Å². The van der Waals surface area contributed by atoms with Gasteiger partial charge in [-0.05, 0) is 55.6 Å². The van der Waals surface area contributed by atoms with E-state index >= 15 is 0 Å². The van der Waals surface area contributed by atoms with Gasteiger partial charge in [0.05, 0.1) is 12.6 Å².